The van der Waals surface area contributed by atoms with E-state index in [1.807, 2.05) is 0 Å². The second-order valence-electron chi connectivity index (χ2n) is 9.05. The van der Waals surface area contributed by atoms with E-state index >= 15 is 0 Å². The number of carbonyl (C=O) groups excluding carboxylic acids is 2. The van der Waals surface area contributed by atoms with Crippen molar-refractivity contribution in [3.05, 3.63) is 65.2 Å². The Labute approximate surface area is 193 Å². The minimum absolute atomic E-state index is 0.0662. The highest BCUT2D eigenvalue weighted by molar-refractivity contribution is 6.22. The molecule has 1 saturated heterocycles. The first kappa shape index (κ1) is 20.7. The summed E-state index contributed by atoms with van der Waals surface area (Å²) in [5.74, 6) is -3.24. The maximum Gasteiger partial charge on any atom is 0.306 e. The highest BCUT2D eigenvalue weighted by Gasteiger charge is 2.69. The lowest BCUT2D eigenvalue weighted by Crippen LogP contribution is -2.70. The number of ketones is 2. The number of rotatable bonds is 2. The van der Waals surface area contributed by atoms with Crippen molar-refractivity contribution in [1.82, 2.24) is 0 Å². The maximum absolute atomic E-state index is 14.2. The standard InChI is InChI=1S/C26H20O8/c1-11-26-14-9-8-12-4-2-6-15(27)19(12)23(14)34-24(17(33-11)10-18(29)30)21(26)22(31)13-5-3-7-16(28)20(13)25(26)32/h2-9,11,17,21,24,27-28H,10H2,1H3,(H,29,30)/t11-,17-,21+,24+,26-/m0/s1. The van der Waals surface area contributed by atoms with E-state index in [9.17, 15) is 29.7 Å². The van der Waals surface area contributed by atoms with E-state index in [-0.39, 0.29) is 28.4 Å². The number of hydrogen-bond donors (Lipinski definition) is 3. The molecule has 2 aliphatic heterocycles. The quantitative estimate of drug-likeness (QED) is 0.532. The number of aliphatic carboxylic acids is 1. The number of carboxylic acids is 1. The highest BCUT2D eigenvalue weighted by atomic mass is 16.6. The van der Waals surface area contributed by atoms with E-state index in [2.05, 4.69) is 0 Å². The van der Waals surface area contributed by atoms with Crippen LogP contribution in [0.5, 0.6) is 17.2 Å². The van der Waals surface area contributed by atoms with Crippen LogP contribution in [0, 0.1) is 5.92 Å². The molecule has 2 bridgehead atoms. The summed E-state index contributed by atoms with van der Waals surface area (Å²) in [5, 5.41) is 31.8. The molecule has 0 spiro atoms. The minimum atomic E-state index is -1.56. The second-order valence-corrected chi connectivity index (χ2v) is 9.05. The molecule has 3 N–H and O–H groups in total. The van der Waals surface area contributed by atoms with Crippen LogP contribution in [0.25, 0.3) is 10.8 Å². The highest BCUT2D eigenvalue weighted by Crippen LogP contribution is 2.59. The molecule has 0 amide bonds. The van der Waals surface area contributed by atoms with Crippen molar-refractivity contribution in [3.8, 4) is 17.2 Å². The number of aromatic hydroxyl groups is 2. The lowest BCUT2D eigenvalue weighted by molar-refractivity contribution is -0.174. The van der Waals surface area contributed by atoms with Crippen LogP contribution >= 0.6 is 0 Å². The molecule has 8 heteroatoms. The predicted octanol–water partition coefficient (Wildman–Crippen LogP) is 3.21. The van der Waals surface area contributed by atoms with E-state index < -0.39 is 53.6 Å². The second kappa shape index (κ2) is 6.80. The van der Waals surface area contributed by atoms with Crippen LogP contribution in [-0.4, -0.2) is 51.2 Å². The van der Waals surface area contributed by atoms with Gasteiger partial charge in [0.05, 0.1) is 29.4 Å². The van der Waals surface area contributed by atoms with Gasteiger partial charge in [0.1, 0.15) is 34.9 Å². The lowest BCUT2D eigenvalue weighted by atomic mass is 9.52. The third-order valence-corrected chi connectivity index (χ3v) is 7.45. The number of hydrogen-bond acceptors (Lipinski definition) is 7. The van der Waals surface area contributed by atoms with Crippen LogP contribution in [0.2, 0.25) is 0 Å². The molecular formula is C26H20O8. The summed E-state index contributed by atoms with van der Waals surface area (Å²) in [6, 6.07) is 12.7. The van der Waals surface area contributed by atoms with Gasteiger partial charge < -0.3 is 24.8 Å². The van der Waals surface area contributed by atoms with Gasteiger partial charge in [0.15, 0.2) is 11.6 Å². The number of phenols is 2. The van der Waals surface area contributed by atoms with Gasteiger partial charge in [-0.25, -0.2) is 0 Å². The SMILES string of the molecule is C[C@@H]1O[C@@H](CC(=O)O)[C@H]2Oc3c(ccc4cccc(O)c34)[C@@]13C(=O)c1c(O)cccc1C(=O)[C@H]23. The molecule has 6 rings (SSSR count). The van der Waals surface area contributed by atoms with E-state index in [0.717, 1.165) is 0 Å². The van der Waals surface area contributed by atoms with Crippen molar-refractivity contribution in [3.63, 3.8) is 0 Å². The molecule has 34 heavy (non-hydrogen) atoms. The molecule has 0 radical (unpaired) electrons. The van der Waals surface area contributed by atoms with E-state index in [0.29, 0.717) is 16.3 Å². The molecule has 0 aromatic heterocycles. The van der Waals surface area contributed by atoms with E-state index in [4.69, 9.17) is 9.47 Å². The minimum Gasteiger partial charge on any atom is -0.507 e. The van der Waals surface area contributed by atoms with Crippen LogP contribution < -0.4 is 4.74 Å². The Morgan fingerprint density at radius 2 is 1.76 bits per heavy atom. The van der Waals surface area contributed by atoms with Crippen molar-refractivity contribution >= 4 is 28.3 Å². The number of ether oxygens (including phenoxy) is 2. The zero-order chi connectivity index (χ0) is 23.9. The van der Waals surface area contributed by atoms with Crippen LogP contribution in [0.3, 0.4) is 0 Å². The number of benzene rings is 3. The molecule has 0 unspecified atom stereocenters. The molecule has 3 aromatic carbocycles. The zero-order valence-corrected chi connectivity index (χ0v) is 18.0. The van der Waals surface area contributed by atoms with E-state index in [1.54, 1.807) is 31.2 Å². The normalized spacial score (nSPS) is 29.1. The zero-order valence-electron chi connectivity index (χ0n) is 18.0. The summed E-state index contributed by atoms with van der Waals surface area (Å²) < 4.78 is 12.4. The van der Waals surface area contributed by atoms with Crippen LogP contribution in [-0.2, 0) is 14.9 Å². The first-order valence-electron chi connectivity index (χ1n) is 11.0. The first-order chi connectivity index (χ1) is 16.3. The summed E-state index contributed by atoms with van der Waals surface area (Å²) in [6.07, 6.45) is -3.43. The van der Waals surface area contributed by atoms with Crippen molar-refractivity contribution < 1.29 is 39.2 Å². The Hall–Kier alpha value is -3.91. The monoisotopic (exact) mass is 460 g/mol. The number of phenolic OH excluding ortho intramolecular Hbond substituents is 2. The number of carbonyl (C=O) groups is 3. The molecule has 8 nitrogen and oxygen atoms in total. The van der Waals surface area contributed by atoms with Gasteiger partial charge in [0, 0.05) is 11.1 Å². The molecule has 1 aliphatic carbocycles. The Bertz CT molecular complexity index is 1430. The number of Topliss-reactive ketones (excluding diaryl/α,β-unsaturated/α-hetero) is 2. The van der Waals surface area contributed by atoms with Gasteiger partial charge in [0.25, 0.3) is 0 Å². The molecule has 0 saturated carbocycles. The Morgan fingerprint density at radius 1 is 1.03 bits per heavy atom. The van der Waals surface area contributed by atoms with Crippen LogP contribution in [0.1, 0.15) is 39.6 Å². The predicted molar refractivity (Wildman–Crippen MR) is 119 cm³/mol. The van der Waals surface area contributed by atoms with Gasteiger partial charge in [-0.1, -0.05) is 36.4 Å². The van der Waals surface area contributed by atoms with Crippen LogP contribution in [0.15, 0.2) is 48.5 Å². The summed E-state index contributed by atoms with van der Waals surface area (Å²) >= 11 is 0. The van der Waals surface area contributed by atoms with Crippen molar-refractivity contribution in [2.45, 2.75) is 37.1 Å². The van der Waals surface area contributed by atoms with Gasteiger partial charge in [-0.05, 0) is 24.4 Å². The van der Waals surface area contributed by atoms with Crippen molar-refractivity contribution in [2.75, 3.05) is 0 Å². The maximum atomic E-state index is 14.2. The van der Waals surface area contributed by atoms with Gasteiger partial charge in [-0.2, -0.15) is 0 Å². The number of fused-ring (bicyclic) bond motifs is 4. The molecular weight excluding hydrogens is 440 g/mol. The molecule has 3 aromatic rings. The van der Waals surface area contributed by atoms with Crippen molar-refractivity contribution in [2.24, 2.45) is 5.92 Å². The topological polar surface area (TPSA) is 130 Å². The lowest BCUT2D eigenvalue weighted by Gasteiger charge is -2.57. The number of carboxylic acid groups (broad SMARTS) is 1. The Morgan fingerprint density at radius 3 is 2.53 bits per heavy atom. The Kier molecular flexibility index (Phi) is 4.14. The molecule has 2 heterocycles. The fourth-order valence-electron chi connectivity index (χ4n) is 6.11. The third kappa shape index (κ3) is 2.38. The fourth-order valence-corrected chi connectivity index (χ4v) is 6.11. The van der Waals surface area contributed by atoms with Gasteiger partial charge in [-0.15, -0.1) is 0 Å². The fraction of sp³-hybridized carbons (Fsp3) is 0.269. The summed E-state index contributed by atoms with van der Waals surface area (Å²) in [4.78, 5) is 39.8. The molecule has 5 atom stereocenters. The summed E-state index contributed by atoms with van der Waals surface area (Å²) in [5.41, 5.74) is -1.20. The third-order valence-electron chi connectivity index (χ3n) is 7.45. The molecule has 172 valence electrons. The van der Waals surface area contributed by atoms with Gasteiger partial charge in [-0.3, -0.25) is 14.4 Å². The average molecular weight is 460 g/mol. The smallest absolute Gasteiger partial charge is 0.306 e. The van der Waals surface area contributed by atoms with Crippen LogP contribution in [0.4, 0.5) is 0 Å². The van der Waals surface area contributed by atoms with Crippen molar-refractivity contribution in [1.29, 1.82) is 0 Å². The van der Waals surface area contributed by atoms with E-state index in [1.165, 1.54) is 24.3 Å². The molecule has 1 fully saturated rings. The van der Waals surface area contributed by atoms with Gasteiger partial charge >= 0.3 is 5.97 Å². The largest absolute Gasteiger partial charge is 0.507 e. The van der Waals surface area contributed by atoms with Gasteiger partial charge in [0.2, 0.25) is 0 Å². The first-order valence-corrected chi connectivity index (χ1v) is 11.0. The average Bonchev–Trinajstić information content (AvgIpc) is 2.79. The molecule has 3 aliphatic rings. The Balaban J connectivity index is 1.73. The summed E-state index contributed by atoms with van der Waals surface area (Å²) in [6.45, 7) is 1.64. The summed E-state index contributed by atoms with van der Waals surface area (Å²) in [7, 11) is 0.